The van der Waals surface area contributed by atoms with Gasteiger partial charge in [-0.25, -0.2) is 4.39 Å². The molecule has 88 valence electrons. The fourth-order valence-corrected chi connectivity index (χ4v) is 2.05. The first-order chi connectivity index (χ1) is 7.63. The molecule has 0 spiro atoms. The van der Waals surface area contributed by atoms with Crippen LogP contribution in [0.5, 0.6) is 0 Å². The van der Waals surface area contributed by atoms with Crippen LogP contribution in [0.25, 0.3) is 0 Å². The number of halogens is 1. The SMILES string of the molecule is NCCNC(=O)CS(=O)c1cccc(F)c1. The third-order valence-corrected chi connectivity index (χ3v) is 3.09. The zero-order valence-corrected chi connectivity index (χ0v) is 9.43. The van der Waals surface area contributed by atoms with Gasteiger partial charge in [0.1, 0.15) is 11.6 Å². The number of nitrogens with two attached hydrogens (primary N) is 1. The zero-order chi connectivity index (χ0) is 12.0. The molecule has 1 atom stereocenters. The molecule has 0 aliphatic rings. The molecular weight excluding hydrogens is 231 g/mol. The van der Waals surface area contributed by atoms with E-state index in [2.05, 4.69) is 5.32 Å². The highest BCUT2D eigenvalue weighted by Crippen LogP contribution is 2.08. The lowest BCUT2D eigenvalue weighted by atomic mass is 10.4. The second kappa shape index (κ2) is 6.34. The minimum atomic E-state index is -1.52. The lowest BCUT2D eigenvalue weighted by molar-refractivity contribution is -0.118. The maximum absolute atomic E-state index is 12.8. The molecule has 1 amide bonds. The van der Waals surface area contributed by atoms with Gasteiger partial charge >= 0.3 is 0 Å². The lowest BCUT2D eigenvalue weighted by Gasteiger charge is -2.03. The maximum Gasteiger partial charge on any atom is 0.233 e. The van der Waals surface area contributed by atoms with E-state index in [1.807, 2.05) is 0 Å². The molecule has 0 heterocycles. The van der Waals surface area contributed by atoms with Crippen LogP contribution in [0.2, 0.25) is 0 Å². The number of rotatable bonds is 5. The predicted molar refractivity (Wildman–Crippen MR) is 59.7 cm³/mol. The van der Waals surface area contributed by atoms with Gasteiger partial charge in [0.2, 0.25) is 5.91 Å². The van der Waals surface area contributed by atoms with E-state index in [4.69, 9.17) is 5.73 Å². The molecule has 1 unspecified atom stereocenters. The summed E-state index contributed by atoms with van der Waals surface area (Å²) in [5.41, 5.74) is 5.20. The van der Waals surface area contributed by atoms with Crippen LogP contribution in [0.4, 0.5) is 4.39 Å². The van der Waals surface area contributed by atoms with Gasteiger partial charge in [-0.1, -0.05) is 6.07 Å². The molecule has 0 saturated heterocycles. The predicted octanol–water partition coefficient (Wildman–Crippen LogP) is 0.00820. The van der Waals surface area contributed by atoms with Gasteiger partial charge in [0.15, 0.2) is 0 Å². The van der Waals surface area contributed by atoms with E-state index in [1.54, 1.807) is 0 Å². The van der Waals surface area contributed by atoms with E-state index in [9.17, 15) is 13.4 Å². The summed E-state index contributed by atoms with van der Waals surface area (Å²) in [6.07, 6.45) is 0. The van der Waals surface area contributed by atoms with Crippen molar-refractivity contribution in [3.05, 3.63) is 30.1 Å². The number of benzene rings is 1. The molecule has 4 nitrogen and oxygen atoms in total. The fraction of sp³-hybridized carbons (Fsp3) is 0.300. The Hall–Kier alpha value is -1.27. The van der Waals surface area contributed by atoms with Crippen molar-refractivity contribution in [3.63, 3.8) is 0 Å². The first kappa shape index (κ1) is 12.8. The fourth-order valence-electron chi connectivity index (χ4n) is 1.07. The monoisotopic (exact) mass is 244 g/mol. The number of hydrogen-bond donors (Lipinski definition) is 2. The van der Waals surface area contributed by atoms with Crippen LogP contribution in [0, 0.1) is 5.82 Å². The Bertz CT molecular complexity index is 398. The van der Waals surface area contributed by atoms with Crippen LogP contribution in [0.15, 0.2) is 29.2 Å². The summed E-state index contributed by atoms with van der Waals surface area (Å²) in [6.45, 7) is 0.678. The zero-order valence-electron chi connectivity index (χ0n) is 8.61. The Balaban J connectivity index is 2.55. The molecule has 1 rings (SSSR count). The molecule has 0 saturated carbocycles. The number of carbonyl (C=O) groups is 1. The summed E-state index contributed by atoms with van der Waals surface area (Å²) in [4.78, 5) is 11.5. The average molecular weight is 244 g/mol. The first-order valence-electron chi connectivity index (χ1n) is 4.74. The van der Waals surface area contributed by atoms with Gasteiger partial charge < -0.3 is 11.1 Å². The van der Waals surface area contributed by atoms with E-state index in [1.165, 1.54) is 18.2 Å². The molecule has 0 radical (unpaired) electrons. The summed E-state index contributed by atoms with van der Waals surface area (Å²) in [7, 11) is -1.52. The quantitative estimate of drug-likeness (QED) is 0.766. The third kappa shape index (κ3) is 4.08. The van der Waals surface area contributed by atoms with Gasteiger partial charge in [-0.15, -0.1) is 0 Å². The van der Waals surface area contributed by atoms with Crippen molar-refractivity contribution in [2.24, 2.45) is 5.73 Å². The van der Waals surface area contributed by atoms with Crippen LogP contribution in [0.3, 0.4) is 0 Å². The Morgan fingerprint density at radius 2 is 2.25 bits per heavy atom. The molecule has 16 heavy (non-hydrogen) atoms. The minimum absolute atomic E-state index is 0.177. The molecule has 0 aliphatic heterocycles. The van der Waals surface area contributed by atoms with Gasteiger partial charge in [-0.2, -0.15) is 0 Å². The summed E-state index contributed by atoms with van der Waals surface area (Å²) in [5, 5.41) is 2.50. The molecule has 0 aliphatic carbocycles. The van der Waals surface area contributed by atoms with Crippen molar-refractivity contribution in [2.45, 2.75) is 4.90 Å². The number of carbonyl (C=O) groups excluding carboxylic acids is 1. The Morgan fingerprint density at radius 1 is 1.50 bits per heavy atom. The first-order valence-corrected chi connectivity index (χ1v) is 6.06. The van der Waals surface area contributed by atoms with Gasteiger partial charge in [0.05, 0.1) is 10.8 Å². The van der Waals surface area contributed by atoms with Crippen molar-refractivity contribution in [1.29, 1.82) is 0 Å². The summed E-state index contributed by atoms with van der Waals surface area (Å²) < 4.78 is 24.4. The Labute approximate surface area is 95.5 Å². The van der Waals surface area contributed by atoms with Crippen LogP contribution in [-0.2, 0) is 15.6 Å². The molecule has 3 N–H and O–H groups in total. The minimum Gasteiger partial charge on any atom is -0.354 e. The van der Waals surface area contributed by atoms with E-state index < -0.39 is 16.6 Å². The number of amides is 1. The molecule has 0 bridgehead atoms. The van der Waals surface area contributed by atoms with Crippen molar-refractivity contribution in [1.82, 2.24) is 5.32 Å². The third-order valence-electron chi connectivity index (χ3n) is 1.79. The lowest BCUT2D eigenvalue weighted by Crippen LogP contribution is -2.32. The molecular formula is C10H13FN2O2S. The summed E-state index contributed by atoms with van der Waals surface area (Å²) >= 11 is 0. The second-order valence-electron chi connectivity index (χ2n) is 3.09. The molecule has 0 fully saturated rings. The molecule has 1 aromatic rings. The highest BCUT2D eigenvalue weighted by molar-refractivity contribution is 7.85. The highest BCUT2D eigenvalue weighted by atomic mass is 32.2. The molecule has 6 heteroatoms. The van der Waals surface area contributed by atoms with Crippen LogP contribution in [0.1, 0.15) is 0 Å². The smallest absolute Gasteiger partial charge is 0.233 e. The van der Waals surface area contributed by atoms with Crippen molar-refractivity contribution in [2.75, 3.05) is 18.8 Å². The van der Waals surface area contributed by atoms with Crippen LogP contribution in [-0.4, -0.2) is 29.0 Å². The van der Waals surface area contributed by atoms with E-state index in [0.717, 1.165) is 6.07 Å². The summed E-state index contributed by atoms with van der Waals surface area (Å²) in [5.74, 6) is -0.995. The average Bonchev–Trinajstić information content (AvgIpc) is 2.26. The second-order valence-corrected chi connectivity index (χ2v) is 4.54. The van der Waals surface area contributed by atoms with Gasteiger partial charge in [0.25, 0.3) is 0 Å². The highest BCUT2D eigenvalue weighted by Gasteiger charge is 2.09. The summed E-state index contributed by atoms with van der Waals surface area (Å²) in [6, 6.07) is 5.40. The van der Waals surface area contributed by atoms with Crippen molar-refractivity contribution >= 4 is 16.7 Å². The maximum atomic E-state index is 12.8. The standard InChI is InChI=1S/C10H13FN2O2S/c11-8-2-1-3-9(6-8)16(15)7-10(14)13-5-4-12/h1-3,6H,4-5,7,12H2,(H,13,14). The molecule has 1 aromatic carbocycles. The largest absolute Gasteiger partial charge is 0.354 e. The van der Waals surface area contributed by atoms with Crippen LogP contribution < -0.4 is 11.1 Å². The van der Waals surface area contributed by atoms with Crippen molar-refractivity contribution in [3.8, 4) is 0 Å². The number of nitrogens with one attached hydrogen (secondary N) is 1. The number of hydrogen-bond acceptors (Lipinski definition) is 3. The Kier molecular flexibility index (Phi) is 5.07. The topological polar surface area (TPSA) is 72.2 Å². The van der Waals surface area contributed by atoms with E-state index >= 15 is 0 Å². The van der Waals surface area contributed by atoms with E-state index in [0.29, 0.717) is 18.0 Å². The van der Waals surface area contributed by atoms with Crippen LogP contribution >= 0.6 is 0 Å². The Morgan fingerprint density at radius 3 is 2.88 bits per heavy atom. The van der Waals surface area contributed by atoms with E-state index in [-0.39, 0.29) is 11.7 Å². The van der Waals surface area contributed by atoms with Gasteiger partial charge in [0, 0.05) is 18.0 Å². The van der Waals surface area contributed by atoms with Crippen molar-refractivity contribution < 1.29 is 13.4 Å². The molecule has 0 aromatic heterocycles. The normalized spacial score (nSPS) is 12.1. The van der Waals surface area contributed by atoms with Gasteiger partial charge in [-0.05, 0) is 18.2 Å². The van der Waals surface area contributed by atoms with Gasteiger partial charge in [-0.3, -0.25) is 9.00 Å².